The minimum atomic E-state index is 0.0721. The van der Waals surface area contributed by atoms with Crippen LogP contribution in [0.2, 0.25) is 0 Å². The van der Waals surface area contributed by atoms with E-state index in [1.165, 1.54) is 5.56 Å². The Morgan fingerprint density at radius 1 is 1.00 bits per heavy atom. The van der Waals surface area contributed by atoms with Gasteiger partial charge in [0, 0.05) is 18.2 Å². The molecule has 0 aliphatic heterocycles. The molecule has 0 bridgehead atoms. The van der Waals surface area contributed by atoms with Crippen molar-refractivity contribution >= 4 is 0 Å². The van der Waals surface area contributed by atoms with Crippen LogP contribution in [-0.4, -0.2) is 32.7 Å². The zero-order valence-electron chi connectivity index (χ0n) is 14.5. The molecule has 0 unspecified atom stereocenters. The number of aliphatic hydroxyl groups is 1. The highest BCUT2D eigenvalue weighted by molar-refractivity contribution is 5.60. The summed E-state index contributed by atoms with van der Waals surface area (Å²) >= 11 is 0. The van der Waals surface area contributed by atoms with Crippen LogP contribution in [0.15, 0.2) is 60.7 Å². The highest BCUT2D eigenvalue weighted by Gasteiger charge is 2.14. The molecule has 2 N–H and O–H groups in total. The highest BCUT2D eigenvalue weighted by atomic mass is 16.3. The maximum atomic E-state index is 9.39. The molecular weight excluding hydrogens is 312 g/mol. The molecule has 1 atom stereocenters. The van der Waals surface area contributed by atoms with E-state index in [4.69, 9.17) is 5.10 Å². The van der Waals surface area contributed by atoms with E-state index in [1.54, 1.807) is 4.80 Å². The van der Waals surface area contributed by atoms with Crippen LogP contribution in [-0.2, 0) is 13.1 Å². The summed E-state index contributed by atoms with van der Waals surface area (Å²) in [7, 11) is 0. The van der Waals surface area contributed by atoms with E-state index in [2.05, 4.69) is 29.5 Å². The fourth-order valence-corrected chi connectivity index (χ4v) is 2.72. The Labute approximate surface area is 148 Å². The summed E-state index contributed by atoms with van der Waals surface area (Å²) in [6, 6.07) is 20.4. The Morgan fingerprint density at radius 3 is 2.32 bits per heavy atom. The summed E-state index contributed by atoms with van der Waals surface area (Å²) in [5.74, 6) is 0. The molecule has 3 rings (SSSR count). The van der Waals surface area contributed by atoms with Crippen LogP contribution >= 0.6 is 0 Å². The van der Waals surface area contributed by atoms with Crippen molar-refractivity contribution in [2.45, 2.75) is 32.5 Å². The van der Waals surface area contributed by atoms with E-state index >= 15 is 0 Å². The van der Waals surface area contributed by atoms with E-state index in [-0.39, 0.29) is 12.6 Å². The van der Waals surface area contributed by atoms with Gasteiger partial charge in [0.25, 0.3) is 0 Å². The van der Waals surface area contributed by atoms with E-state index in [0.29, 0.717) is 13.1 Å². The maximum absolute atomic E-state index is 9.39. The molecule has 0 aliphatic rings. The lowest BCUT2D eigenvalue weighted by atomic mass is 10.1. The van der Waals surface area contributed by atoms with Gasteiger partial charge < -0.3 is 10.4 Å². The molecule has 0 aliphatic carbocycles. The van der Waals surface area contributed by atoms with Gasteiger partial charge >= 0.3 is 0 Å². The second kappa shape index (κ2) is 8.55. The topological polar surface area (TPSA) is 63.0 Å². The quantitative estimate of drug-likeness (QED) is 0.664. The first-order chi connectivity index (χ1) is 12.3. The molecule has 3 aromatic rings. The highest BCUT2D eigenvalue weighted by Crippen LogP contribution is 2.20. The number of hydrogen-bond donors (Lipinski definition) is 2. The zero-order valence-corrected chi connectivity index (χ0v) is 14.5. The summed E-state index contributed by atoms with van der Waals surface area (Å²) in [6.07, 6.45) is 0.870. The summed E-state index contributed by atoms with van der Waals surface area (Å²) in [4.78, 5) is 1.74. The van der Waals surface area contributed by atoms with E-state index in [9.17, 15) is 5.11 Å². The number of nitrogens with one attached hydrogen (secondary N) is 1. The molecule has 0 saturated carbocycles. The standard InChI is InChI=1S/C20H24N4O/c1-2-18(15-25)21-13-19-20(17-11-7-4-8-12-17)23-24(22-19)14-16-9-5-3-6-10-16/h3-12,18,21,25H,2,13-15H2,1H3/t18-/m0/s1. The summed E-state index contributed by atoms with van der Waals surface area (Å²) in [6.45, 7) is 3.39. The second-order valence-corrected chi connectivity index (χ2v) is 6.05. The Bertz CT molecular complexity index is 767. The van der Waals surface area contributed by atoms with Crippen LogP contribution in [0.4, 0.5) is 0 Å². The summed E-state index contributed by atoms with van der Waals surface area (Å²) in [5.41, 5.74) is 4.00. The Balaban J connectivity index is 1.86. The van der Waals surface area contributed by atoms with Crippen molar-refractivity contribution in [2.24, 2.45) is 0 Å². The monoisotopic (exact) mass is 336 g/mol. The molecule has 0 amide bonds. The lowest BCUT2D eigenvalue weighted by Gasteiger charge is -2.12. The molecule has 2 aromatic carbocycles. The predicted molar refractivity (Wildman–Crippen MR) is 99.0 cm³/mol. The van der Waals surface area contributed by atoms with Gasteiger partial charge in [0.15, 0.2) is 0 Å². The third-order valence-electron chi connectivity index (χ3n) is 4.21. The molecule has 0 radical (unpaired) electrons. The molecule has 1 aromatic heterocycles. The number of rotatable bonds is 8. The molecule has 130 valence electrons. The lowest BCUT2D eigenvalue weighted by molar-refractivity contribution is 0.238. The van der Waals surface area contributed by atoms with Gasteiger partial charge in [-0.25, -0.2) is 0 Å². The van der Waals surface area contributed by atoms with E-state index < -0.39 is 0 Å². The molecule has 5 nitrogen and oxygen atoms in total. The van der Waals surface area contributed by atoms with Crippen molar-refractivity contribution in [2.75, 3.05) is 6.61 Å². The van der Waals surface area contributed by atoms with Gasteiger partial charge in [-0.3, -0.25) is 0 Å². The number of aliphatic hydroxyl groups excluding tert-OH is 1. The Morgan fingerprint density at radius 2 is 1.68 bits per heavy atom. The molecule has 0 spiro atoms. The predicted octanol–water partition coefficient (Wildman–Crippen LogP) is 2.85. The van der Waals surface area contributed by atoms with Crippen molar-refractivity contribution in [1.29, 1.82) is 0 Å². The summed E-state index contributed by atoms with van der Waals surface area (Å²) < 4.78 is 0. The van der Waals surface area contributed by atoms with Crippen LogP contribution in [0.25, 0.3) is 11.3 Å². The summed E-state index contributed by atoms with van der Waals surface area (Å²) in [5, 5.41) is 22.1. The Hall–Kier alpha value is -2.50. The number of aromatic nitrogens is 3. The number of hydrogen-bond acceptors (Lipinski definition) is 4. The van der Waals surface area contributed by atoms with Gasteiger partial charge in [0.2, 0.25) is 0 Å². The molecule has 1 heterocycles. The van der Waals surface area contributed by atoms with Crippen LogP contribution in [0.5, 0.6) is 0 Å². The minimum absolute atomic E-state index is 0.0721. The second-order valence-electron chi connectivity index (χ2n) is 6.05. The zero-order chi connectivity index (χ0) is 17.5. The third-order valence-corrected chi connectivity index (χ3v) is 4.21. The van der Waals surface area contributed by atoms with Gasteiger partial charge in [-0.2, -0.15) is 15.0 Å². The average Bonchev–Trinajstić information content (AvgIpc) is 3.07. The molecule has 25 heavy (non-hydrogen) atoms. The van der Waals surface area contributed by atoms with Crippen molar-refractivity contribution in [1.82, 2.24) is 20.3 Å². The van der Waals surface area contributed by atoms with Gasteiger partial charge in [-0.1, -0.05) is 67.6 Å². The van der Waals surface area contributed by atoms with Crippen LogP contribution in [0.1, 0.15) is 24.6 Å². The fourth-order valence-electron chi connectivity index (χ4n) is 2.72. The first kappa shape index (κ1) is 17.3. The van der Waals surface area contributed by atoms with Crippen molar-refractivity contribution in [3.63, 3.8) is 0 Å². The largest absolute Gasteiger partial charge is 0.395 e. The lowest BCUT2D eigenvalue weighted by Crippen LogP contribution is -2.31. The molecule has 0 fully saturated rings. The van der Waals surface area contributed by atoms with Crippen LogP contribution in [0, 0.1) is 0 Å². The molecule has 5 heteroatoms. The van der Waals surface area contributed by atoms with Gasteiger partial charge in [-0.05, 0) is 12.0 Å². The minimum Gasteiger partial charge on any atom is -0.395 e. The number of benzene rings is 2. The van der Waals surface area contributed by atoms with Crippen LogP contribution < -0.4 is 5.32 Å². The van der Waals surface area contributed by atoms with Crippen molar-refractivity contribution < 1.29 is 5.11 Å². The smallest absolute Gasteiger partial charge is 0.117 e. The van der Waals surface area contributed by atoms with Crippen LogP contribution in [0.3, 0.4) is 0 Å². The van der Waals surface area contributed by atoms with Crippen molar-refractivity contribution in [3.05, 3.63) is 71.9 Å². The number of nitrogens with zero attached hydrogens (tertiary/aromatic N) is 3. The average molecular weight is 336 g/mol. The third kappa shape index (κ3) is 4.53. The SMILES string of the molecule is CC[C@@H](CO)NCc1nn(Cc2ccccc2)nc1-c1ccccc1. The van der Waals surface area contributed by atoms with E-state index in [1.807, 2.05) is 48.5 Å². The molecule has 0 saturated heterocycles. The fraction of sp³-hybridized carbons (Fsp3) is 0.300. The maximum Gasteiger partial charge on any atom is 0.117 e. The first-order valence-corrected chi connectivity index (χ1v) is 8.67. The Kier molecular flexibility index (Phi) is 5.93. The van der Waals surface area contributed by atoms with Gasteiger partial charge in [0.05, 0.1) is 13.2 Å². The first-order valence-electron chi connectivity index (χ1n) is 8.67. The van der Waals surface area contributed by atoms with Crippen molar-refractivity contribution in [3.8, 4) is 11.3 Å². The molecular formula is C20H24N4O. The van der Waals surface area contributed by atoms with Gasteiger partial charge in [-0.15, -0.1) is 0 Å². The van der Waals surface area contributed by atoms with E-state index in [0.717, 1.165) is 23.4 Å². The normalized spacial score (nSPS) is 12.2. The van der Waals surface area contributed by atoms with Gasteiger partial charge in [0.1, 0.15) is 11.4 Å².